The lowest BCUT2D eigenvalue weighted by Crippen LogP contribution is -2.52. The first-order chi connectivity index (χ1) is 8.45. The van der Waals surface area contributed by atoms with E-state index in [1.54, 1.807) is 7.11 Å². The number of rotatable bonds is 6. The molecule has 1 amide bonds. The van der Waals surface area contributed by atoms with E-state index in [0.717, 1.165) is 25.7 Å². The van der Waals surface area contributed by atoms with Crippen molar-refractivity contribution in [3.05, 3.63) is 0 Å². The quantitative estimate of drug-likeness (QED) is 0.748. The molecule has 5 heteroatoms. The number of nitrogens with two attached hydrogens (primary N) is 1. The Bertz CT molecular complexity index is 312. The predicted octanol–water partition coefficient (Wildman–Crippen LogP) is 1.72. The van der Waals surface area contributed by atoms with Gasteiger partial charge in [0.1, 0.15) is 0 Å². The first kappa shape index (κ1) is 15.4. The minimum absolute atomic E-state index is 0.0829. The van der Waals surface area contributed by atoms with Crippen LogP contribution in [0.25, 0.3) is 0 Å². The van der Waals surface area contributed by atoms with Crippen LogP contribution in [-0.4, -0.2) is 42.1 Å². The van der Waals surface area contributed by atoms with Crippen LogP contribution >= 0.6 is 12.2 Å². The molecule has 0 aromatic rings. The third-order valence-corrected chi connectivity index (χ3v) is 4.15. The maximum absolute atomic E-state index is 12.8. The highest BCUT2D eigenvalue weighted by molar-refractivity contribution is 7.80. The highest BCUT2D eigenvalue weighted by Gasteiger charge is 2.46. The lowest BCUT2D eigenvalue weighted by molar-refractivity contribution is -0.140. The highest BCUT2D eigenvalue weighted by Crippen LogP contribution is 2.40. The summed E-state index contributed by atoms with van der Waals surface area (Å²) in [6.45, 7) is 5.15. The molecule has 1 saturated carbocycles. The minimum atomic E-state index is -0.604. The summed E-state index contributed by atoms with van der Waals surface area (Å²) in [5.74, 6) is 0.0829. The molecule has 0 aromatic carbocycles. The summed E-state index contributed by atoms with van der Waals surface area (Å²) < 4.78 is 5.07. The van der Waals surface area contributed by atoms with Crippen molar-refractivity contribution in [2.75, 3.05) is 20.3 Å². The number of ether oxygens (including phenoxy) is 1. The third kappa shape index (κ3) is 3.01. The van der Waals surface area contributed by atoms with E-state index in [0.29, 0.717) is 18.1 Å². The molecule has 18 heavy (non-hydrogen) atoms. The lowest BCUT2D eigenvalue weighted by atomic mass is 9.84. The maximum atomic E-state index is 12.8. The smallest absolute Gasteiger partial charge is 0.235 e. The molecule has 0 bridgehead atoms. The van der Waals surface area contributed by atoms with Gasteiger partial charge in [0.05, 0.1) is 17.0 Å². The molecular weight excluding hydrogens is 248 g/mol. The van der Waals surface area contributed by atoms with Crippen LogP contribution in [0, 0.1) is 5.41 Å². The zero-order chi connectivity index (χ0) is 13.8. The third-order valence-electron chi connectivity index (χ3n) is 3.76. The van der Waals surface area contributed by atoms with E-state index < -0.39 is 5.41 Å². The van der Waals surface area contributed by atoms with E-state index in [4.69, 9.17) is 22.7 Å². The summed E-state index contributed by atoms with van der Waals surface area (Å²) >= 11 is 5.16. The number of hydrogen-bond donors (Lipinski definition) is 1. The van der Waals surface area contributed by atoms with Crippen LogP contribution in [-0.2, 0) is 9.53 Å². The number of thiocarbonyl (C=S) groups is 1. The van der Waals surface area contributed by atoms with Gasteiger partial charge in [0.15, 0.2) is 0 Å². The SMILES string of the molecule is COCCN(C(=O)C1(C(N)=S)CCCC1)C(C)C. The average Bonchev–Trinajstić information content (AvgIpc) is 2.79. The van der Waals surface area contributed by atoms with Gasteiger partial charge >= 0.3 is 0 Å². The second-order valence-electron chi connectivity index (χ2n) is 5.24. The van der Waals surface area contributed by atoms with Crippen LogP contribution in [0.15, 0.2) is 0 Å². The van der Waals surface area contributed by atoms with Gasteiger partial charge in [-0.1, -0.05) is 25.1 Å². The van der Waals surface area contributed by atoms with Crippen LogP contribution in [0.3, 0.4) is 0 Å². The summed E-state index contributed by atoms with van der Waals surface area (Å²) in [6, 6.07) is 0.138. The molecule has 0 radical (unpaired) electrons. The van der Waals surface area contributed by atoms with Gasteiger partial charge in [0.2, 0.25) is 5.91 Å². The molecule has 2 N–H and O–H groups in total. The van der Waals surface area contributed by atoms with Crippen molar-refractivity contribution in [3.8, 4) is 0 Å². The summed E-state index contributed by atoms with van der Waals surface area (Å²) in [6.07, 6.45) is 3.63. The van der Waals surface area contributed by atoms with Crippen molar-refractivity contribution >= 4 is 23.1 Å². The Morgan fingerprint density at radius 3 is 2.39 bits per heavy atom. The number of amides is 1. The van der Waals surface area contributed by atoms with Crippen molar-refractivity contribution in [1.82, 2.24) is 4.90 Å². The molecule has 1 aliphatic carbocycles. The second kappa shape index (κ2) is 6.48. The summed E-state index contributed by atoms with van der Waals surface area (Å²) in [7, 11) is 1.64. The van der Waals surface area contributed by atoms with Gasteiger partial charge in [-0.2, -0.15) is 0 Å². The number of nitrogens with zero attached hydrogens (tertiary/aromatic N) is 1. The van der Waals surface area contributed by atoms with E-state index in [9.17, 15) is 4.79 Å². The first-order valence-electron chi connectivity index (χ1n) is 6.55. The molecule has 104 valence electrons. The van der Waals surface area contributed by atoms with Crippen molar-refractivity contribution in [2.24, 2.45) is 11.1 Å². The highest BCUT2D eigenvalue weighted by atomic mass is 32.1. The number of carbonyl (C=O) groups excluding carboxylic acids is 1. The molecule has 0 unspecified atom stereocenters. The molecule has 1 fully saturated rings. The van der Waals surface area contributed by atoms with Gasteiger partial charge in [-0.3, -0.25) is 4.79 Å². The van der Waals surface area contributed by atoms with Crippen molar-refractivity contribution in [2.45, 2.75) is 45.6 Å². The Hall–Kier alpha value is -0.680. The lowest BCUT2D eigenvalue weighted by Gasteiger charge is -2.36. The van der Waals surface area contributed by atoms with E-state index >= 15 is 0 Å². The zero-order valence-electron chi connectivity index (χ0n) is 11.6. The number of methoxy groups -OCH3 is 1. The Labute approximate surface area is 115 Å². The Morgan fingerprint density at radius 2 is 2.00 bits per heavy atom. The Kier molecular flexibility index (Phi) is 5.53. The van der Waals surface area contributed by atoms with Crippen molar-refractivity contribution in [3.63, 3.8) is 0 Å². The van der Waals surface area contributed by atoms with Crippen LogP contribution in [0.2, 0.25) is 0 Å². The normalized spacial score (nSPS) is 18.0. The Morgan fingerprint density at radius 1 is 1.44 bits per heavy atom. The number of hydrogen-bond acceptors (Lipinski definition) is 3. The standard InChI is InChI=1S/C13H24N2O2S/c1-10(2)15(8-9-17-3)12(16)13(11(14)18)6-4-5-7-13/h10H,4-9H2,1-3H3,(H2,14,18). The average molecular weight is 272 g/mol. The van der Waals surface area contributed by atoms with Crippen LogP contribution in [0.5, 0.6) is 0 Å². The van der Waals surface area contributed by atoms with Crippen LogP contribution in [0.1, 0.15) is 39.5 Å². The molecule has 0 aliphatic heterocycles. The molecular formula is C13H24N2O2S. The fourth-order valence-corrected chi connectivity index (χ4v) is 2.89. The molecule has 0 heterocycles. The van der Waals surface area contributed by atoms with Gasteiger partial charge < -0.3 is 15.4 Å². The largest absolute Gasteiger partial charge is 0.392 e. The van der Waals surface area contributed by atoms with E-state index in [1.807, 2.05) is 18.7 Å². The number of carbonyl (C=O) groups is 1. The minimum Gasteiger partial charge on any atom is -0.392 e. The fourth-order valence-electron chi connectivity index (χ4n) is 2.60. The van der Waals surface area contributed by atoms with Gasteiger partial charge in [0.25, 0.3) is 0 Å². The van der Waals surface area contributed by atoms with E-state index in [1.165, 1.54) is 0 Å². The summed E-state index contributed by atoms with van der Waals surface area (Å²) in [4.78, 5) is 15.0. The molecule has 4 nitrogen and oxygen atoms in total. The zero-order valence-corrected chi connectivity index (χ0v) is 12.4. The first-order valence-corrected chi connectivity index (χ1v) is 6.96. The van der Waals surface area contributed by atoms with Crippen LogP contribution < -0.4 is 5.73 Å². The van der Waals surface area contributed by atoms with Crippen LogP contribution in [0.4, 0.5) is 0 Å². The van der Waals surface area contributed by atoms with Crippen molar-refractivity contribution in [1.29, 1.82) is 0 Å². The van der Waals surface area contributed by atoms with Gasteiger partial charge in [-0.15, -0.1) is 0 Å². The van der Waals surface area contributed by atoms with E-state index in [-0.39, 0.29) is 11.9 Å². The van der Waals surface area contributed by atoms with E-state index in [2.05, 4.69) is 0 Å². The maximum Gasteiger partial charge on any atom is 0.235 e. The predicted molar refractivity (Wildman–Crippen MR) is 76.4 cm³/mol. The topological polar surface area (TPSA) is 55.6 Å². The molecule has 0 spiro atoms. The second-order valence-corrected chi connectivity index (χ2v) is 5.68. The fraction of sp³-hybridized carbons (Fsp3) is 0.846. The molecule has 0 atom stereocenters. The summed E-state index contributed by atoms with van der Waals surface area (Å²) in [5, 5.41) is 0. The molecule has 1 rings (SSSR count). The van der Waals surface area contributed by atoms with Crippen molar-refractivity contribution < 1.29 is 9.53 Å². The monoisotopic (exact) mass is 272 g/mol. The van der Waals surface area contributed by atoms with Gasteiger partial charge in [-0.25, -0.2) is 0 Å². The summed E-state index contributed by atoms with van der Waals surface area (Å²) in [5.41, 5.74) is 5.25. The Balaban J connectivity index is 2.89. The molecule has 0 aromatic heterocycles. The van der Waals surface area contributed by atoms with Gasteiger partial charge in [0, 0.05) is 19.7 Å². The van der Waals surface area contributed by atoms with Gasteiger partial charge in [-0.05, 0) is 26.7 Å². The molecule has 0 saturated heterocycles. The molecule has 1 aliphatic rings.